The highest BCUT2D eigenvalue weighted by Crippen LogP contribution is 2.42. The van der Waals surface area contributed by atoms with E-state index in [1.165, 1.54) is 6.26 Å². The molecule has 0 saturated heterocycles. The van der Waals surface area contributed by atoms with Gasteiger partial charge in [-0.15, -0.1) is 0 Å². The van der Waals surface area contributed by atoms with E-state index in [4.69, 9.17) is 4.42 Å². The van der Waals surface area contributed by atoms with Crippen LogP contribution in [0, 0.1) is 0 Å². The van der Waals surface area contributed by atoms with Gasteiger partial charge in [-0.25, -0.2) is 0 Å². The van der Waals surface area contributed by atoms with Crippen molar-refractivity contribution in [1.29, 1.82) is 0 Å². The molecule has 0 aliphatic carbocycles. The molecule has 2 aromatic carbocycles. The molecule has 148 valence electrons. The Balaban J connectivity index is 1.84. The number of hydrogen-bond donors (Lipinski definition) is 0. The summed E-state index contributed by atoms with van der Waals surface area (Å²) in [5, 5.41) is 0. The molecule has 0 fully saturated rings. The van der Waals surface area contributed by atoms with Crippen LogP contribution in [0.3, 0.4) is 0 Å². The SMILES string of the molecule is CCC(=O)N1c2ccccc2[C@@H](N(C(=O)c2ccco2)c2ccccc2)C[C@@H]1C. The number of fused-ring (bicyclic) bond motifs is 1. The summed E-state index contributed by atoms with van der Waals surface area (Å²) in [4.78, 5) is 29.7. The Bertz CT molecular complexity index is 998. The number of rotatable bonds is 4. The summed E-state index contributed by atoms with van der Waals surface area (Å²) in [6.07, 6.45) is 2.59. The topological polar surface area (TPSA) is 53.8 Å². The van der Waals surface area contributed by atoms with Gasteiger partial charge in [-0.1, -0.05) is 43.3 Å². The minimum absolute atomic E-state index is 0.0297. The second-order valence-corrected chi connectivity index (χ2v) is 7.26. The van der Waals surface area contributed by atoms with Crippen LogP contribution in [0.15, 0.2) is 77.4 Å². The van der Waals surface area contributed by atoms with E-state index in [0.717, 1.165) is 16.9 Å². The summed E-state index contributed by atoms with van der Waals surface area (Å²) in [6.45, 7) is 3.91. The normalized spacial score (nSPS) is 18.2. The Labute approximate surface area is 170 Å². The molecule has 0 radical (unpaired) electrons. The van der Waals surface area contributed by atoms with E-state index in [0.29, 0.717) is 18.6 Å². The van der Waals surface area contributed by atoms with Crippen molar-refractivity contribution < 1.29 is 14.0 Å². The summed E-state index contributed by atoms with van der Waals surface area (Å²) in [5.41, 5.74) is 2.64. The minimum atomic E-state index is -0.206. The molecule has 2 atom stereocenters. The van der Waals surface area contributed by atoms with Gasteiger partial charge >= 0.3 is 0 Å². The summed E-state index contributed by atoms with van der Waals surface area (Å²) in [7, 11) is 0. The zero-order chi connectivity index (χ0) is 20.4. The highest BCUT2D eigenvalue weighted by Gasteiger charge is 2.38. The molecule has 4 rings (SSSR count). The van der Waals surface area contributed by atoms with Gasteiger partial charge in [-0.3, -0.25) is 14.5 Å². The summed E-state index contributed by atoms with van der Waals surface area (Å²) < 4.78 is 5.42. The van der Waals surface area contributed by atoms with Crippen LogP contribution in [0.1, 0.15) is 48.8 Å². The Morgan fingerprint density at radius 3 is 2.45 bits per heavy atom. The van der Waals surface area contributed by atoms with Crippen LogP contribution in [-0.2, 0) is 4.79 Å². The molecule has 0 bridgehead atoms. The number of hydrogen-bond acceptors (Lipinski definition) is 3. The van der Waals surface area contributed by atoms with Gasteiger partial charge in [0.15, 0.2) is 5.76 Å². The standard InChI is InChI=1S/C24H24N2O3/c1-3-23(27)25-17(2)16-21(19-12-7-8-13-20(19)25)26(18-10-5-4-6-11-18)24(28)22-14-9-15-29-22/h4-15,17,21H,3,16H2,1-2H3/t17-,21-/m0/s1. The third-order valence-electron chi connectivity index (χ3n) is 5.43. The molecular formula is C24H24N2O3. The molecule has 0 spiro atoms. The average molecular weight is 388 g/mol. The minimum Gasteiger partial charge on any atom is -0.459 e. The van der Waals surface area contributed by atoms with Crippen LogP contribution >= 0.6 is 0 Å². The number of anilines is 2. The van der Waals surface area contributed by atoms with Gasteiger partial charge in [0, 0.05) is 23.8 Å². The maximum Gasteiger partial charge on any atom is 0.294 e. The van der Waals surface area contributed by atoms with Crippen molar-refractivity contribution in [3.8, 4) is 0 Å². The van der Waals surface area contributed by atoms with E-state index in [1.807, 2.05) is 73.3 Å². The molecule has 2 heterocycles. The zero-order valence-electron chi connectivity index (χ0n) is 16.6. The molecule has 0 unspecified atom stereocenters. The first kappa shape index (κ1) is 19.0. The van der Waals surface area contributed by atoms with Crippen LogP contribution < -0.4 is 9.80 Å². The first-order chi connectivity index (χ1) is 14.1. The van der Waals surface area contributed by atoms with Crippen LogP contribution in [0.5, 0.6) is 0 Å². The Hall–Kier alpha value is -3.34. The van der Waals surface area contributed by atoms with Crippen molar-refractivity contribution in [1.82, 2.24) is 0 Å². The fourth-order valence-electron chi connectivity index (χ4n) is 4.12. The van der Waals surface area contributed by atoms with E-state index >= 15 is 0 Å². The highest BCUT2D eigenvalue weighted by atomic mass is 16.3. The Morgan fingerprint density at radius 1 is 1.03 bits per heavy atom. The predicted molar refractivity (Wildman–Crippen MR) is 113 cm³/mol. The smallest absolute Gasteiger partial charge is 0.294 e. The predicted octanol–water partition coefficient (Wildman–Crippen LogP) is 5.20. The molecule has 1 aromatic heterocycles. The number of para-hydroxylation sites is 2. The van der Waals surface area contributed by atoms with E-state index in [-0.39, 0.29) is 23.9 Å². The van der Waals surface area contributed by atoms with Gasteiger partial charge in [0.1, 0.15) is 0 Å². The van der Waals surface area contributed by atoms with Gasteiger partial charge in [0.2, 0.25) is 5.91 Å². The molecule has 5 heteroatoms. The van der Waals surface area contributed by atoms with E-state index in [9.17, 15) is 9.59 Å². The number of carbonyl (C=O) groups is 2. The second-order valence-electron chi connectivity index (χ2n) is 7.26. The highest BCUT2D eigenvalue weighted by molar-refractivity contribution is 6.05. The monoisotopic (exact) mass is 388 g/mol. The van der Waals surface area contributed by atoms with Gasteiger partial charge in [0.25, 0.3) is 5.91 Å². The molecule has 2 amide bonds. The van der Waals surface area contributed by atoms with Crippen molar-refractivity contribution in [3.05, 3.63) is 84.3 Å². The molecule has 3 aromatic rings. The number of furan rings is 1. The van der Waals surface area contributed by atoms with Crippen molar-refractivity contribution in [3.63, 3.8) is 0 Å². The number of amides is 2. The van der Waals surface area contributed by atoms with Crippen molar-refractivity contribution >= 4 is 23.2 Å². The van der Waals surface area contributed by atoms with E-state index in [1.54, 1.807) is 17.0 Å². The van der Waals surface area contributed by atoms with Crippen LogP contribution in [0.2, 0.25) is 0 Å². The molecular weight excluding hydrogens is 364 g/mol. The fraction of sp³-hybridized carbons (Fsp3) is 0.250. The lowest BCUT2D eigenvalue weighted by molar-refractivity contribution is -0.118. The lowest BCUT2D eigenvalue weighted by Crippen LogP contribution is -2.47. The van der Waals surface area contributed by atoms with E-state index in [2.05, 4.69) is 0 Å². The van der Waals surface area contributed by atoms with Crippen molar-refractivity contribution in [2.75, 3.05) is 9.80 Å². The van der Waals surface area contributed by atoms with Gasteiger partial charge < -0.3 is 9.32 Å². The number of carbonyl (C=O) groups excluding carboxylic acids is 2. The third kappa shape index (κ3) is 3.44. The summed E-state index contributed by atoms with van der Waals surface area (Å²) in [6, 6.07) is 20.7. The molecule has 5 nitrogen and oxygen atoms in total. The first-order valence-electron chi connectivity index (χ1n) is 9.95. The Kier molecular flexibility index (Phi) is 5.21. The lowest BCUT2D eigenvalue weighted by atomic mass is 9.89. The summed E-state index contributed by atoms with van der Waals surface area (Å²) in [5.74, 6) is 0.196. The fourth-order valence-corrected chi connectivity index (χ4v) is 4.12. The van der Waals surface area contributed by atoms with Gasteiger partial charge in [-0.2, -0.15) is 0 Å². The Morgan fingerprint density at radius 2 is 1.76 bits per heavy atom. The van der Waals surface area contributed by atoms with Crippen molar-refractivity contribution in [2.24, 2.45) is 0 Å². The molecule has 1 aliphatic heterocycles. The molecule has 0 N–H and O–H groups in total. The molecule has 1 aliphatic rings. The number of nitrogens with zero attached hydrogens (tertiary/aromatic N) is 2. The van der Waals surface area contributed by atoms with E-state index < -0.39 is 0 Å². The maximum absolute atomic E-state index is 13.4. The van der Waals surface area contributed by atoms with Crippen LogP contribution in [-0.4, -0.2) is 17.9 Å². The quantitative estimate of drug-likeness (QED) is 0.617. The number of benzene rings is 2. The maximum atomic E-state index is 13.4. The summed E-state index contributed by atoms with van der Waals surface area (Å²) >= 11 is 0. The van der Waals surface area contributed by atoms with Crippen molar-refractivity contribution in [2.45, 2.75) is 38.8 Å². The zero-order valence-corrected chi connectivity index (χ0v) is 16.6. The third-order valence-corrected chi connectivity index (χ3v) is 5.43. The second kappa shape index (κ2) is 7.95. The van der Waals surface area contributed by atoms with Crippen LogP contribution in [0.25, 0.3) is 0 Å². The van der Waals surface area contributed by atoms with Gasteiger partial charge in [0.05, 0.1) is 12.3 Å². The average Bonchev–Trinajstić information content (AvgIpc) is 3.29. The lowest BCUT2D eigenvalue weighted by Gasteiger charge is -2.43. The van der Waals surface area contributed by atoms with Gasteiger partial charge in [-0.05, 0) is 49.2 Å². The first-order valence-corrected chi connectivity index (χ1v) is 9.95. The molecule has 29 heavy (non-hydrogen) atoms. The van der Waals surface area contributed by atoms with Crippen LogP contribution in [0.4, 0.5) is 11.4 Å². The largest absolute Gasteiger partial charge is 0.459 e. The molecule has 0 saturated carbocycles.